The number of anilines is 1. The van der Waals surface area contributed by atoms with E-state index in [0.29, 0.717) is 26.2 Å². The predicted octanol–water partition coefficient (Wildman–Crippen LogP) is 2.17. The molecule has 1 aliphatic heterocycles. The summed E-state index contributed by atoms with van der Waals surface area (Å²) in [6.07, 6.45) is 5.31. The fourth-order valence-electron chi connectivity index (χ4n) is 3.65. The second-order valence-corrected chi connectivity index (χ2v) is 6.90. The maximum absolute atomic E-state index is 13.0. The Hall–Kier alpha value is -2.11. The zero-order chi connectivity index (χ0) is 17.6. The first-order valence-electron chi connectivity index (χ1n) is 9.19. The minimum atomic E-state index is -0.244. The van der Waals surface area contributed by atoms with Gasteiger partial charge in [-0.1, -0.05) is 19.3 Å². The maximum atomic E-state index is 13.0. The van der Waals surface area contributed by atoms with E-state index in [2.05, 4.69) is 10.2 Å². The molecule has 1 heterocycles. The molecule has 1 aromatic carbocycles. The Balaban J connectivity index is 1.42. The first-order chi connectivity index (χ1) is 12.1. The summed E-state index contributed by atoms with van der Waals surface area (Å²) in [5, 5.41) is 2.81. The molecule has 2 fully saturated rings. The van der Waals surface area contributed by atoms with Gasteiger partial charge in [0.2, 0.25) is 11.8 Å². The van der Waals surface area contributed by atoms with Gasteiger partial charge in [0, 0.05) is 37.8 Å². The summed E-state index contributed by atoms with van der Waals surface area (Å²) in [6.45, 7) is 2.76. The summed E-state index contributed by atoms with van der Waals surface area (Å²) in [5.74, 6) is -0.163. The Morgan fingerprint density at radius 2 is 1.64 bits per heavy atom. The summed E-state index contributed by atoms with van der Waals surface area (Å²) in [4.78, 5) is 28.4. The Labute approximate surface area is 148 Å². The van der Waals surface area contributed by atoms with Crippen molar-refractivity contribution in [3.63, 3.8) is 0 Å². The maximum Gasteiger partial charge on any atom is 0.242 e. The van der Waals surface area contributed by atoms with Crippen molar-refractivity contribution in [3.8, 4) is 0 Å². The van der Waals surface area contributed by atoms with Crippen LogP contribution in [0, 0.1) is 11.7 Å². The van der Waals surface area contributed by atoms with E-state index < -0.39 is 0 Å². The number of nitrogens with one attached hydrogen (secondary N) is 1. The number of piperazine rings is 1. The molecule has 5 nitrogen and oxygen atoms in total. The van der Waals surface area contributed by atoms with Crippen LogP contribution in [0.3, 0.4) is 0 Å². The van der Waals surface area contributed by atoms with E-state index in [4.69, 9.17) is 0 Å². The highest BCUT2D eigenvalue weighted by Gasteiger charge is 2.24. The molecule has 0 radical (unpaired) electrons. The van der Waals surface area contributed by atoms with Crippen LogP contribution in [0.4, 0.5) is 10.1 Å². The molecule has 0 unspecified atom stereocenters. The summed E-state index contributed by atoms with van der Waals surface area (Å²) >= 11 is 0. The topological polar surface area (TPSA) is 52.7 Å². The van der Waals surface area contributed by atoms with Gasteiger partial charge < -0.3 is 15.1 Å². The standard InChI is InChI=1S/C19H26FN3O2/c20-16-6-8-17(9-7-16)22-10-12-23(13-11-22)18(24)14-21-19(25)15-4-2-1-3-5-15/h6-9,15H,1-5,10-14H2,(H,21,25). The summed E-state index contributed by atoms with van der Waals surface area (Å²) in [6, 6.07) is 6.43. The fourth-order valence-corrected chi connectivity index (χ4v) is 3.65. The third-order valence-corrected chi connectivity index (χ3v) is 5.21. The van der Waals surface area contributed by atoms with Gasteiger partial charge in [0.15, 0.2) is 0 Å². The van der Waals surface area contributed by atoms with Crippen molar-refractivity contribution in [2.24, 2.45) is 5.92 Å². The number of hydrogen-bond acceptors (Lipinski definition) is 3. The summed E-state index contributed by atoms with van der Waals surface area (Å²) in [5.41, 5.74) is 0.971. The zero-order valence-electron chi connectivity index (χ0n) is 14.5. The quantitative estimate of drug-likeness (QED) is 0.908. The normalized spacial score (nSPS) is 18.9. The molecule has 1 saturated carbocycles. The lowest BCUT2D eigenvalue weighted by molar-refractivity contribution is -0.134. The van der Waals surface area contributed by atoms with Crippen LogP contribution in [0.5, 0.6) is 0 Å². The van der Waals surface area contributed by atoms with E-state index >= 15 is 0 Å². The molecule has 3 rings (SSSR count). The van der Waals surface area contributed by atoms with Crippen LogP contribution in [0.25, 0.3) is 0 Å². The second-order valence-electron chi connectivity index (χ2n) is 6.90. The highest BCUT2D eigenvalue weighted by atomic mass is 19.1. The van der Waals surface area contributed by atoms with Crippen LogP contribution in [0.15, 0.2) is 24.3 Å². The zero-order valence-corrected chi connectivity index (χ0v) is 14.5. The minimum absolute atomic E-state index is 0.0251. The van der Waals surface area contributed by atoms with Crippen molar-refractivity contribution in [1.82, 2.24) is 10.2 Å². The monoisotopic (exact) mass is 347 g/mol. The van der Waals surface area contributed by atoms with E-state index in [1.165, 1.54) is 18.6 Å². The van der Waals surface area contributed by atoms with E-state index in [1.54, 1.807) is 17.0 Å². The van der Waals surface area contributed by atoms with E-state index in [-0.39, 0.29) is 30.1 Å². The van der Waals surface area contributed by atoms with Crippen LogP contribution in [-0.2, 0) is 9.59 Å². The number of hydrogen-bond donors (Lipinski definition) is 1. The number of carbonyl (C=O) groups excluding carboxylic acids is 2. The Bertz CT molecular complexity index is 591. The number of rotatable bonds is 4. The summed E-state index contributed by atoms with van der Waals surface area (Å²) in [7, 11) is 0. The van der Waals surface area contributed by atoms with Gasteiger partial charge in [-0.15, -0.1) is 0 Å². The van der Waals surface area contributed by atoms with Crippen LogP contribution >= 0.6 is 0 Å². The molecule has 1 aromatic rings. The first-order valence-corrected chi connectivity index (χ1v) is 9.19. The Morgan fingerprint density at radius 1 is 1.00 bits per heavy atom. The van der Waals surface area contributed by atoms with Gasteiger partial charge in [0.25, 0.3) is 0 Å². The largest absolute Gasteiger partial charge is 0.368 e. The molecular weight excluding hydrogens is 321 g/mol. The molecular formula is C19H26FN3O2. The molecule has 0 bridgehead atoms. The second kappa shape index (κ2) is 8.32. The molecule has 1 saturated heterocycles. The molecule has 2 aliphatic rings. The lowest BCUT2D eigenvalue weighted by Crippen LogP contribution is -2.51. The van der Waals surface area contributed by atoms with Crippen LogP contribution in [0.2, 0.25) is 0 Å². The highest BCUT2D eigenvalue weighted by Crippen LogP contribution is 2.23. The van der Waals surface area contributed by atoms with Gasteiger partial charge in [0.05, 0.1) is 6.54 Å². The van der Waals surface area contributed by atoms with Crippen molar-refractivity contribution >= 4 is 17.5 Å². The molecule has 136 valence electrons. The minimum Gasteiger partial charge on any atom is -0.368 e. The lowest BCUT2D eigenvalue weighted by atomic mass is 9.89. The smallest absolute Gasteiger partial charge is 0.242 e. The van der Waals surface area contributed by atoms with Crippen molar-refractivity contribution in [1.29, 1.82) is 0 Å². The molecule has 2 amide bonds. The lowest BCUT2D eigenvalue weighted by Gasteiger charge is -2.36. The van der Waals surface area contributed by atoms with E-state index in [9.17, 15) is 14.0 Å². The van der Waals surface area contributed by atoms with Crippen LogP contribution < -0.4 is 10.2 Å². The van der Waals surface area contributed by atoms with Crippen LogP contribution in [0.1, 0.15) is 32.1 Å². The summed E-state index contributed by atoms with van der Waals surface area (Å²) < 4.78 is 13.0. The van der Waals surface area contributed by atoms with E-state index in [0.717, 1.165) is 31.4 Å². The highest BCUT2D eigenvalue weighted by molar-refractivity contribution is 5.86. The number of benzene rings is 1. The van der Waals surface area contributed by atoms with Gasteiger partial charge in [-0.3, -0.25) is 9.59 Å². The average Bonchev–Trinajstić information content (AvgIpc) is 2.67. The van der Waals surface area contributed by atoms with Crippen molar-refractivity contribution < 1.29 is 14.0 Å². The average molecular weight is 347 g/mol. The van der Waals surface area contributed by atoms with Gasteiger partial charge in [-0.25, -0.2) is 4.39 Å². The van der Waals surface area contributed by atoms with Crippen LogP contribution in [-0.4, -0.2) is 49.4 Å². The Kier molecular flexibility index (Phi) is 5.89. The number of amides is 2. The Morgan fingerprint density at radius 3 is 2.28 bits per heavy atom. The third-order valence-electron chi connectivity index (χ3n) is 5.21. The first kappa shape index (κ1) is 17.7. The van der Waals surface area contributed by atoms with Gasteiger partial charge in [-0.05, 0) is 37.1 Å². The molecule has 0 aromatic heterocycles. The number of nitrogens with zero attached hydrogens (tertiary/aromatic N) is 2. The third kappa shape index (κ3) is 4.71. The molecule has 0 spiro atoms. The van der Waals surface area contributed by atoms with Crippen molar-refractivity contribution in [3.05, 3.63) is 30.1 Å². The number of halogens is 1. The van der Waals surface area contributed by atoms with Gasteiger partial charge >= 0.3 is 0 Å². The molecule has 1 N–H and O–H groups in total. The SMILES string of the molecule is O=C(NCC(=O)N1CCN(c2ccc(F)cc2)CC1)C1CCCCC1. The van der Waals surface area contributed by atoms with Gasteiger partial charge in [0.1, 0.15) is 5.82 Å². The molecule has 25 heavy (non-hydrogen) atoms. The number of carbonyl (C=O) groups is 2. The van der Waals surface area contributed by atoms with Crippen molar-refractivity contribution in [2.75, 3.05) is 37.6 Å². The van der Waals surface area contributed by atoms with Gasteiger partial charge in [-0.2, -0.15) is 0 Å². The predicted molar refractivity (Wildman–Crippen MR) is 94.8 cm³/mol. The molecule has 0 atom stereocenters. The van der Waals surface area contributed by atoms with Crippen molar-refractivity contribution in [2.45, 2.75) is 32.1 Å². The van der Waals surface area contributed by atoms with E-state index in [1.807, 2.05) is 0 Å². The fraction of sp³-hybridized carbons (Fsp3) is 0.579. The molecule has 1 aliphatic carbocycles. The molecule has 6 heteroatoms.